The van der Waals surface area contributed by atoms with Gasteiger partial charge in [-0.2, -0.15) is 0 Å². The van der Waals surface area contributed by atoms with Gasteiger partial charge in [0, 0.05) is 22.7 Å². The number of anilines is 1. The van der Waals surface area contributed by atoms with Crippen LogP contribution >= 0.6 is 0 Å². The number of fused-ring (bicyclic) bond motifs is 1. The minimum atomic E-state index is -0.565. The second-order valence-electron chi connectivity index (χ2n) is 5.66. The molecule has 7 nitrogen and oxygen atoms in total. The van der Waals surface area contributed by atoms with Gasteiger partial charge in [0.2, 0.25) is 0 Å². The number of pyridine rings is 1. The van der Waals surface area contributed by atoms with E-state index in [4.69, 9.17) is 4.74 Å². The van der Waals surface area contributed by atoms with E-state index in [0.29, 0.717) is 17.8 Å². The minimum absolute atomic E-state index is 0.136. The van der Waals surface area contributed by atoms with Gasteiger partial charge in [0.15, 0.2) is 5.75 Å². The van der Waals surface area contributed by atoms with E-state index in [1.54, 1.807) is 13.0 Å². The van der Waals surface area contributed by atoms with E-state index in [2.05, 4.69) is 10.3 Å². The summed E-state index contributed by atoms with van der Waals surface area (Å²) in [7, 11) is 0. The first-order valence-electron chi connectivity index (χ1n) is 8.08. The molecule has 7 heteroatoms. The SMILES string of the molecule is CCOc1ccc(C(=O)Nc2cccc3ccc(C)nc23)cc1[N+](=O)[O-]. The maximum absolute atomic E-state index is 12.6. The molecular formula is C19H17N3O4. The van der Waals surface area contributed by atoms with Crippen molar-refractivity contribution in [2.75, 3.05) is 11.9 Å². The summed E-state index contributed by atoms with van der Waals surface area (Å²) in [6.07, 6.45) is 0. The molecule has 0 saturated heterocycles. The molecule has 0 bridgehead atoms. The highest BCUT2D eigenvalue weighted by molar-refractivity contribution is 6.08. The van der Waals surface area contributed by atoms with Crippen LogP contribution < -0.4 is 10.1 Å². The summed E-state index contributed by atoms with van der Waals surface area (Å²) >= 11 is 0. The van der Waals surface area contributed by atoms with Gasteiger partial charge in [0.05, 0.1) is 22.7 Å². The highest BCUT2D eigenvalue weighted by Gasteiger charge is 2.19. The smallest absolute Gasteiger partial charge is 0.311 e. The number of benzene rings is 2. The molecule has 0 aliphatic rings. The van der Waals surface area contributed by atoms with E-state index in [1.165, 1.54) is 18.2 Å². The van der Waals surface area contributed by atoms with E-state index in [-0.39, 0.29) is 17.0 Å². The van der Waals surface area contributed by atoms with Crippen LogP contribution in [0.1, 0.15) is 23.0 Å². The quantitative estimate of drug-likeness (QED) is 0.551. The largest absolute Gasteiger partial charge is 0.487 e. The molecule has 0 unspecified atom stereocenters. The van der Waals surface area contributed by atoms with Crippen LogP contribution in [0.4, 0.5) is 11.4 Å². The van der Waals surface area contributed by atoms with Crippen LogP contribution in [0.15, 0.2) is 48.5 Å². The maximum Gasteiger partial charge on any atom is 0.311 e. The monoisotopic (exact) mass is 351 g/mol. The second kappa shape index (κ2) is 7.18. The molecule has 0 radical (unpaired) electrons. The number of aryl methyl sites for hydroxylation is 1. The molecule has 26 heavy (non-hydrogen) atoms. The molecule has 3 aromatic rings. The fourth-order valence-corrected chi connectivity index (χ4v) is 2.62. The Hall–Kier alpha value is -3.48. The number of carbonyl (C=O) groups is 1. The van der Waals surface area contributed by atoms with E-state index in [9.17, 15) is 14.9 Å². The predicted molar refractivity (Wildman–Crippen MR) is 98.7 cm³/mol. The highest BCUT2D eigenvalue weighted by Crippen LogP contribution is 2.29. The van der Waals surface area contributed by atoms with Gasteiger partial charge in [-0.15, -0.1) is 0 Å². The van der Waals surface area contributed by atoms with Crippen molar-refractivity contribution in [1.29, 1.82) is 0 Å². The summed E-state index contributed by atoms with van der Waals surface area (Å²) < 4.78 is 5.24. The number of nitro benzene ring substituents is 1. The average molecular weight is 351 g/mol. The molecule has 3 rings (SSSR count). The summed E-state index contributed by atoms with van der Waals surface area (Å²) in [5, 5.41) is 14.9. The standard InChI is InChI=1S/C19H17N3O4/c1-3-26-17-10-9-14(11-16(17)22(24)25)19(23)21-15-6-4-5-13-8-7-12(2)20-18(13)15/h4-11H,3H2,1-2H3,(H,21,23). The number of nitrogens with one attached hydrogen (secondary N) is 1. The minimum Gasteiger partial charge on any atom is -0.487 e. The van der Waals surface area contributed by atoms with E-state index < -0.39 is 10.8 Å². The molecule has 1 heterocycles. The van der Waals surface area contributed by atoms with Crippen molar-refractivity contribution in [3.8, 4) is 5.75 Å². The Morgan fingerprint density at radius 1 is 1.23 bits per heavy atom. The topological polar surface area (TPSA) is 94.4 Å². The van der Waals surface area contributed by atoms with E-state index >= 15 is 0 Å². The first-order valence-corrected chi connectivity index (χ1v) is 8.08. The van der Waals surface area contributed by atoms with E-state index in [0.717, 1.165) is 11.1 Å². The molecule has 1 aromatic heterocycles. The van der Waals surface area contributed by atoms with Crippen molar-refractivity contribution in [1.82, 2.24) is 4.98 Å². The van der Waals surface area contributed by atoms with Crippen LogP contribution in [0.5, 0.6) is 5.75 Å². The lowest BCUT2D eigenvalue weighted by Gasteiger charge is -2.10. The van der Waals surface area contributed by atoms with E-state index in [1.807, 2.05) is 31.2 Å². The van der Waals surface area contributed by atoms with Crippen LogP contribution in [0.2, 0.25) is 0 Å². The number of para-hydroxylation sites is 1. The third kappa shape index (κ3) is 3.46. The molecular weight excluding hydrogens is 334 g/mol. The average Bonchev–Trinajstić information content (AvgIpc) is 2.62. The zero-order chi connectivity index (χ0) is 18.7. The maximum atomic E-state index is 12.6. The first kappa shape index (κ1) is 17.3. The lowest BCUT2D eigenvalue weighted by atomic mass is 10.1. The fraction of sp³-hybridized carbons (Fsp3) is 0.158. The van der Waals surface area contributed by atoms with Crippen LogP contribution in [0.3, 0.4) is 0 Å². The summed E-state index contributed by atoms with van der Waals surface area (Å²) in [6.45, 7) is 3.90. The van der Waals surface area contributed by atoms with Crippen LogP contribution in [-0.2, 0) is 0 Å². The number of amides is 1. The molecule has 0 saturated carbocycles. The number of hydrogen-bond donors (Lipinski definition) is 1. The van der Waals surface area contributed by atoms with Crippen molar-refractivity contribution in [3.05, 3.63) is 69.9 Å². The number of ether oxygens (including phenoxy) is 1. The van der Waals surface area contributed by atoms with Crippen molar-refractivity contribution in [2.24, 2.45) is 0 Å². The Morgan fingerprint density at radius 2 is 2.04 bits per heavy atom. The van der Waals surface area contributed by atoms with Crippen LogP contribution in [-0.4, -0.2) is 22.4 Å². The predicted octanol–water partition coefficient (Wildman–Crippen LogP) is 4.10. The molecule has 0 aliphatic heterocycles. The van der Waals surface area contributed by atoms with Gasteiger partial charge in [0.25, 0.3) is 5.91 Å². The van der Waals surface area contributed by atoms with Crippen molar-refractivity contribution in [3.63, 3.8) is 0 Å². The number of aromatic nitrogens is 1. The van der Waals surface area contributed by atoms with Crippen molar-refractivity contribution in [2.45, 2.75) is 13.8 Å². The number of nitrogens with zero attached hydrogens (tertiary/aromatic N) is 2. The lowest BCUT2D eigenvalue weighted by Crippen LogP contribution is -2.13. The Balaban J connectivity index is 1.95. The number of carbonyl (C=O) groups excluding carboxylic acids is 1. The Morgan fingerprint density at radius 3 is 2.77 bits per heavy atom. The first-order chi connectivity index (χ1) is 12.5. The fourth-order valence-electron chi connectivity index (χ4n) is 2.62. The summed E-state index contributed by atoms with van der Waals surface area (Å²) in [5.41, 5.74) is 1.97. The lowest BCUT2D eigenvalue weighted by molar-refractivity contribution is -0.385. The number of rotatable bonds is 5. The third-order valence-corrected chi connectivity index (χ3v) is 3.83. The second-order valence-corrected chi connectivity index (χ2v) is 5.66. The van der Waals surface area contributed by atoms with Gasteiger partial charge in [-0.05, 0) is 38.1 Å². The zero-order valence-electron chi connectivity index (χ0n) is 14.4. The Labute approximate surface area is 149 Å². The molecule has 1 N–H and O–H groups in total. The van der Waals surface area contributed by atoms with Crippen LogP contribution in [0.25, 0.3) is 10.9 Å². The van der Waals surface area contributed by atoms with Gasteiger partial charge in [-0.1, -0.05) is 18.2 Å². The molecule has 0 fully saturated rings. The number of hydrogen-bond acceptors (Lipinski definition) is 5. The number of nitro groups is 1. The Kier molecular flexibility index (Phi) is 4.79. The zero-order valence-corrected chi connectivity index (χ0v) is 14.4. The summed E-state index contributed by atoms with van der Waals surface area (Å²) in [6, 6.07) is 13.4. The summed E-state index contributed by atoms with van der Waals surface area (Å²) in [4.78, 5) is 27.7. The van der Waals surface area contributed by atoms with Gasteiger partial charge in [-0.25, -0.2) is 0 Å². The Bertz CT molecular complexity index is 1000. The van der Waals surface area contributed by atoms with Gasteiger partial charge in [0.1, 0.15) is 0 Å². The van der Waals surface area contributed by atoms with Gasteiger partial charge >= 0.3 is 5.69 Å². The molecule has 2 aromatic carbocycles. The molecule has 132 valence electrons. The molecule has 0 atom stereocenters. The molecule has 0 aliphatic carbocycles. The summed E-state index contributed by atoms with van der Waals surface area (Å²) in [5.74, 6) is -0.316. The van der Waals surface area contributed by atoms with Crippen molar-refractivity contribution >= 4 is 28.2 Å². The normalized spacial score (nSPS) is 10.5. The highest BCUT2D eigenvalue weighted by atomic mass is 16.6. The molecule has 1 amide bonds. The van der Waals surface area contributed by atoms with Gasteiger partial charge < -0.3 is 10.1 Å². The van der Waals surface area contributed by atoms with Crippen molar-refractivity contribution < 1.29 is 14.5 Å². The van der Waals surface area contributed by atoms with Crippen LogP contribution in [0, 0.1) is 17.0 Å². The van der Waals surface area contributed by atoms with Gasteiger partial charge in [-0.3, -0.25) is 19.9 Å². The third-order valence-electron chi connectivity index (χ3n) is 3.83. The molecule has 0 spiro atoms.